The minimum atomic E-state index is -0.678. The summed E-state index contributed by atoms with van der Waals surface area (Å²) in [5, 5.41) is 4.87. The van der Waals surface area contributed by atoms with Crippen molar-refractivity contribution in [3.63, 3.8) is 0 Å². The van der Waals surface area contributed by atoms with Crippen LogP contribution in [-0.2, 0) is 9.53 Å². The molecule has 8 heteroatoms. The van der Waals surface area contributed by atoms with Gasteiger partial charge in [0.15, 0.2) is 11.7 Å². The molecule has 3 aromatic rings. The van der Waals surface area contributed by atoms with Crippen LogP contribution in [-0.4, -0.2) is 23.5 Å². The summed E-state index contributed by atoms with van der Waals surface area (Å²) in [5.74, 6) is -1.16. The maximum Gasteiger partial charge on any atom is 0.338 e. The smallest absolute Gasteiger partial charge is 0.338 e. The molecule has 3 rings (SSSR count). The third kappa shape index (κ3) is 4.37. The first kappa shape index (κ1) is 17.4. The zero-order chi connectivity index (χ0) is 18.5. The molecule has 132 valence electrons. The molecular weight excluding hydrogens is 352 g/mol. The summed E-state index contributed by atoms with van der Waals surface area (Å²) in [5.41, 5.74) is 13.9. The minimum Gasteiger partial charge on any atom is -0.452 e. The molecule has 0 bridgehead atoms. The maximum absolute atomic E-state index is 12.0. The number of nitrogens with zero attached hydrogens (tertiary/aromatic N) is 1. The molecule has 0 saturated heterocycles. The minimum absolute atomic E-state index is 0.191. The van der Waals surface area contributed by atoms with Crippen molar-refractivity contribution in [1.82, 2.24) is 4.98 Å². The van der Waals surface area contributed by atoms with Crippen molar-refractivity contribution < 1.29 is 14.3 Å². The highest BCUT2D eigenvalue weighted by Gasteiger charge is 2.13. The second kappa shape index (κ2) is 7.66. The second-order valence-electron chi connectivity index (χ2n) is 5.42. The largest absolute Gasteiger partial charge is 0.452 e. The number of carbonyl (C=O) groups is 2. The van der Waals surface area contributed by atoms with Gasteiger partial charge in [-0.25, -0.2) is 9.78 Å². The number of amides is 1. The lowest BCUT2D eigenvalue weighted by atomic mass is 10.2. The first-order valence-electron chi connectivity index (χ1n) is 7.65. The van der Waals surface area contributed by atoms with Gasteiger partial charge in [0.1, 0.15) is 0 Å². The standard InChI is InChI=1S/C18H16N4O3S/c19-13-6-12(7-14(20)8-13)17(24)25-9-16(23)22-18-21-15(10-26-18)11-4-2-1-3-5-11/h1-8,10H,9,19-20H2,(H,21,22,23). The van der Waals surface area contributed by atoms with Gasteiger partial charge in [0, 0.05) is 22.3 Å². The fraction of sp³-hybridized carbons (Fsp3) is 0.0556. The summed E-state index contributed by atoms with van der Waals surface area (Å²) in [6, 6.07) is 14.0. The van der Waals surface area contributed by atoms with Gasteiger partial charge in [-0.05, 0) is 18.2 Å². The quantitative estimate of drug-likeness (QED) is 0.470. The molecule has 1 aromatic heterocycles. The Labute approximate surface area is 153 Å². The van der Waals surface area contributed by atoms with Crippen molar-refractivity contribution in [3.8, 4) is 11.3 Å². The normalized spacial score (nSPS) is 10.3. The number of anilines is 3. The fourth-order valence-electron chi connectivity index (χ4n) is 2.24. The van der Waals surface area contributed by atoms with Gasteiger partial charge < -0.3 is 16.2 Å². The Morgan fingerprint density at radius 2 is 1.77 bits per heavy atom. The average molecular weight is 368 g/mol. The number of carbonyl (C=O) groups excluding carboxylic acids is 2. The molecule has 0 radical (unpaired) electrons. The molecule has 0 spiro atoms. The Morgan fingerprint density at radius 1 is 1.08 bits per heavy atom. The Bertz CT molecular complexity index is 920. The van der Waals surface area contributed by atoms with Gasteiger partial charge in [-0.3, -0.25) is 10.1 Å². The molecule has 0 atom stereocenters. The van der Waals surface area contributed by atoms with Gasteiger partial charge in [-0.2, -0.15) is 0 Å². The zero-order valence-corrected chi connectivity index (χ0v) is 14.5. The molecule has 0 unspecified atom stereocenters. The second-order valence-corrected chi connectivity index (χ2v) is 6.27. The van der Waals surface area contributed by atoms with Gasteiger partial charge in [-0.1, -0.05) is 30.3 Å². The predicted molar refractivity (Wildman–Crippen MR) is 102 cm³/mol. The molecule has 5 N–H and O–H groups in total. The highest BCUT2D eigenvalue weighted by molar-refractivity contribution is 7.14. The van der Waals surface area contributed by atoms with Crippen LogP contribution in [0.5, 0.6) is 0 Å². The first-order chi connectivity index (χ1) is 12.5. The van der Waals surface area contributed by atoms with Crippen molar-refractivity contribution in [2.24, 2.45) is 0 Å². The predicted octanol–water partition coefficient (Wildman–Crippen LogP) is 2.77. The number of thiazole rings is 1. The third-order valence-corrected chi connectivity index (χ3v) is 4.13. The van der Waals surface area contributed by atoms with Gasteiger partial charge in [0.05, 0.1) is 11.3 Å². The number of nitrogens with two attached hydrogens (primary N) is 2. The van der Waals surface area contributed by atoms with E-state index in [1.165, 1.54) is 29.5 Å². The number of nitrogens with one attached hydrogen (secondary N) is 1. The van der Waals surface area contributed by atoms with Crippen molar-refractivity contribution in [2.75, 3.05) is 23.4 Å². The lowest BCUT2D eigenvalue weighted by Crippen LogP contribution is -2.21. The molecule has 0 saturated carbocycles. The van der Waals surface area contributed by atoms with E-state index in [0.717, 1.165) is 11.3 Å². The third-order valence-electron chi connectivity index (χ3n) is 3.37. The summed E-state index contributed by atoms with van der Waals surface area (Å²) in [4.78, 5) is 28.3. The van der Waals surface area contributed by atoms with Gasteiger partial charge in [0.2, 0.25) is 0 Å². The molecule has 2 aromatic carbocycles. The van der Waals surface area contributed by atoms with E-state index >= 15 is 0 Å². The van der Waals surface area contributed by atoms with Crippen LogP contribution in [0, 0.1) is 0 Å². The number of benzene rings is 2. The molecule has 0 fully saturated rings. The Hall–Kier alpha value is -3.39. The van der Waals surface area contributed by atoms with E-state index < -0.39 is 18.5 Å². The molecule has 0 aliphatic heterocycles. The van der Waals surface area contributed by atoms with E-state index in [1.807, 2.05) is 35.7 Å². The van der Waals surface area contributed by atoms with Crippen LogP contribution in [0.15, 0.2) is 53.9 Å². The van der Waals surface area contributed by atoms with Crippen LogP contribution in [0.4, 0.5) is 16.5 Å². The summed E-state index contributed by atoms with van der Waals surface area (Å²) < 4.78 is 4.98. The van der Waals surface area contributed by atoms with E-state index in [0.29, 0.717) is 16.5 Å². The van der Waals surface area contributed by atoms with Gasteiger partial charge in [0.25, 0.3) is 5.91 Å². The summed E-state index contributed by atoms with van der Waals surface area (Å²) in [6.07, 6.45) is 0. The fourth-order valence-corrected chi connectivity index (χ4v) is 2.97. The molecule has 1 amide bonds. The number of hydrogen-bond acceptors (Lipinski definition) is 7. The van der Waals surface area contributed by atoms with Crippen molar-refractivity contribution in [1.29, 1.82) is 0 Å². The monoisotopic (exact) mass is 368 g/mol. The number of esters is 1. The Kier molecular flexibility index (Phi) is 5.14. The van der Waals surface area contributed by atoms with E-state index in [2.05, 4.69) is 10.3 Å². The molecule has 0 aliphatic rings. The first-order valence-corrected chi connectivity index (χ1v) is 8.53. The molecule has 1 heterocycles. The zero-order valence-electron chi connectivity index (χ0n) is 13.6. The summed E-state index contributed by atoms with van der Waals surface area (Å²) in [6.45, 7) is -0.437. The SMILES string of the molecule is Nc1cc(N)cc(C(=O)OCC(=O)Nc2nc(-c3ccccc3)cs2)c1. The van der Waals surface area contributed by atoms with Crippen LogP contribution in [0.25, 0.3) is 11.3 Å². The van der Waals surface area contributed by atoms with Crippen molar-refractivity contribution >= 4 is 39.7 Å². The number of nitrogen functional groups attached to an aromatic ring is 2. The number of aromatic nitrogens is 1. The average Bonchev–Trinajstić information content (AvgIpc) is 3.08. The maximum atomic E-state index is 12.0. The van der Waals surface area contributed by atoms with E-state index in [1.54, 1.807) is 0 Å². The van der Waals surface area contributed by atoms with E-state index in [4.69, 9.17) is 16.2 Å². The van der Waals surface area contributed by atoms with Crippen LogP contribution >= 0.6 is 11.3 Å². The molecule has 7 nitrogen and oxygen atoms in total. The number of rotatable bonds is 5. The van der Waals surface area contributed by atoms with Gasteiger partial charge in [-0.15, -0.1) is 11.3 Å². The lowest BCUT2D eigenvalue weighted by Gasteiger charge is -2.06. The highest BCUT2D eigenvalue weighted by atomic mass is 32.1. The van der Waals surface area contributed by atoms with Crippen LogP contribution in [0.3, 0.4) is 0 Å². The highest BCUT2D eigenvalue weighted by Crippen LogP contribution is 2.24. The molecule has 26 heavy (non-hydrogen) atoms. The lowest BCUT2D eigenvalue weighted by molar-refractivity contribution is -0.119. The number of ether oxygens (including phenoxy) is 1. The summed E-state index contributed by atoms with van der Waals surface area (Å²) >= 11 is 1.29. The molecule has 0 aliphatic carbocycles. The van der Waals surface area contributed by atoms with E-state index in [-0.39, 0.29) is 5.56 Å². The summed E-state index contributed by atoms with van der Waals surface area (Å²) in [7, 11) is 0. The Morgan fingerprint density at radius 3 is 2.46 bits per heavy atom. The Balaban J connectivity index is 1.56. The van der Waals surface area contributed by atoms with Crippen LogP contribution < -0.4 is 16.8 Å². The van der Waals surface area contributed by atoms with E-state index in [9.17, 15) is 9.59 Å². The topological polar surface area (TPSA) is 120 Å². The van der Waals surface area contributed by atoms with Crippen LogP contribution in [0.2, 0.25) is 0 Å². The number of hydrogen-bond donors (Lipinski definition) is 3. The van der Waals surface area contributed by atoms with Crippen molar-refractivity contribution in [3.05, 3.63) is 59.5 Å². The van der Waals surface area contributed by atoms with Gasteiger partial charge >= 0.3 is 5.97 Å². The molecular formula is C18H16N4O3S. The van der Waals surface area contributed by atoms with Crippen molar-refractivity contribution in [2.45, 2.75) is 0 Å². The van der Waals surface area contributed by atoms with Crippen LogP contribution in [0.1, 0.15) is 10.4 Å².